The van der Waals surface area contributed by atoms with Gasteiger partial charge in [-0.25, -0.2) is 0 Å². The molecule has 0 radical (unpaired) electrons. The number of carbonyl (C=O) groups is 1. The first-order chi connectivity index (χ1) is 7.65. The molecule has 1 aromatic carbocycles. The second-order valence-corrected chi connectivity index (χ2v) is 3.48. The molecule has 0 atom stereocenters. The maximum Gasteiger partial charge on any atom is 0.311 e. The minimum absolute atomic E-state index is 0.160. The molecule has 0 bridgehead atoms. The van der Waals surface area contributed by atoms with Gasteiger partial charge in [0.15, 0.2) is 5.82 Å². The topological polar surface area (TPSA) is 80.9 Å². The van der Waals surface area contributed by atoms with Gasteiger partial charge in [0, 0.05) is 5.02 Å². The smallest absolute Gasteiger partial charge is 0.311 e. The number of hydrogen-bond acceptors (Lipinski definition) is 4. The van der Waals surface area contributed by atoms with E-state index < -0.39 is 5.97 Å². The van der Waals surface area contributed by atoms with Crippen molar-refractivity contribution in [2.75, 3.05) is 0 Å². The van der Waals surface area contributed by atoms with Crippen LogP contribution in [0.3, 0.4) is 0 Å². The van der Waals surface area contributed by atoms with Crippen LogP contribution in [0.25, 0.3) is 5.69 Å². The molecule has 0 saturated carbocycles. The van der Waals surface area contributed by atoms with Crippen molar-refractivity contribution < 1.29 is 9.90 Å². The molecule has 0 amide bonds. The molecule has 0 fully saturated rings. The predicted molar refractivity (Wildman–Crippen MR) is 55.5 cm³/mol. The molecule has 7 heteroatoms. The van der Waals surface area contributed by atoms with Crippen molar-refractivity contribution in [3.8, 4) is 5.69 Å². The van der Waals surface area contributed by atoms with Crippen LogP contribution in [0.15, 0.2) is 24.3 Å². The number of aromatic nitrogens is 4. The lowest BCUT2D eigenvalue weighted by Crippen LogP contribution is -2.03. The number of benzene rings is 1. The Morgan fingerprint density at radius 3 is 3.00 bits per heavy atom. The third-order valence-electron chi connectivity index (χ3n) is 1.80. The summed E-state index contributed by atoms with van der Waals surface area (Å²) in [6.45, 7) is 0. The molecule has 1 aromatic heterocycles. The molecule has 0 aliphatic heterocycles. The van der Waals surface area contributed by atoms with E-state index in [1.807, 2.05) is 0 Å². The molecule has 0 unspecified atom stereocenters. The van der Waals surface area contributed by atoms with Crippen molar-refractivity contribution in [1.29, 1.82) is 0 Å². The van der Waals surface area contributed by atoms with Gasteiger partial charge in [0.25, 0.3) is 0 Å². The maximum atomic E-state index is 10.4. The van der Waals surface area contributed by atoms with Crippen LogP contribution in [-0.2, 0) is 11.2 Å². The maximum absolute atomic E-state index is 10.4. The zero-order chi connectivity index (χ0) is 11.5. The summed E-state index contributed by atoms with van der Waals surface area (Å²) in [5, 5.41) is 20.4. The largest absolute Gasteiger partial charge is 0.481 e. The van der Waals surface area contributed by atoms with Crippen molar-refractivity contribution in [2.45, 2.75) is 6.42 Å². The summed E-state index contributed by atoms with van der Waals surface area (Å²) in [6.07, 6.45) is -0.249. The van der Waals surface area contributed by atoms with Crippen LogP contribution in [-0.4, -0.2) is 31.3 Å². The van der Waals surface area contributed by atoms with E-state index in [0.717, 1.165) is 0 Å². The molecule has 0 aliphatic rings. The second-order valence-electron chi connectivity index (χ2n) is 3.05. The number of aliphatic carboxylic acids is 1. The standard InChI is InChI=1S/C9H7ClN4O2/c10-6-2-1-3-7(4-6)14-12-8(11-13-14)5-9(15)16/h1-4H,5H2,(H,15,16). The van der Waals surface area contributed by atoms with Gasteiger partial charge in [0.2, 0.25) is 0 Å². The summed E-state index contributed by atoms with van der Waals surface area (Å²) < 4.78 is 0. The minimum atomic E-state index is -0.995. The molecule has 0 spiro atoms. The molecule has 1 N–H and O–H groups in total. The number of nitrogens with zero attached hydrogens (tertiary/aromatic N) is 4. The Kier molecular flexibility index (Phi) is 2.82. The number of halogens is 1. The highest BCUT2D eigenvalue weighted by atomic mass is 35.5. The lowest BCUT2D eigenvalue weighted by Gasteiger charge is -1.97. The average molecular weight is 239 g/mol. The number of rotatable bonds is 3. The zero-order valence-corrected chi connectivity index (χ0v) is 8.79. The van der Waals surface area contributed by atoms with Crippen molar-refractivity contribution in [1.82, 2.24) is 20.2 Å². The molecular weight excluding hydrogens is 232 g/mol. The Hall–Kier alpha value is -1.95. The Morgan fingerprint density at radius 2 is 2.31 bits per heavy atom. The van der Waals surface area contributed by atoms with Crippen LogP contribution in [0.1, 0.15) is 5.82 Å². The monoisotopic (exact) mass is 238 g/mol. The molecule has 1 heterocycles. The molecule has 82 valence electrons. The highest BCUT2D eigenvalue weighted by Gasteiger charge is 2.08. The number of hydrogen-bond donors (Lipinski definition) is 1. The van der Waals surface area contributed by atoms with E-state index in [0.29, 0.717) is 10.7 Å². The van der Waals surface area contributed by atoms with Crippen LogP contribution in [0, 0.1) is 0 Å². The van der Waals surface area contributed by atoms with E-state index in [4.69, 9.17) is 16.7 Å². The Bertz CT molecular complexity index is 526. The fraction of sp³-hybridized carbons (Fsp3) is 0.111. The van der Waals surface area contributed by atoms with Gasteiger partial charge < -0.3 is 5.11 Å². The first-order valence-electron chi connectivity index (χ1n) is 4.42. The normalized spacial score (nSPS) is 10.3. The number of carboxylic acid groups (broad SMARTS) is 1. The van der Waals surface area contributed by atoms with Gasteiger partial charge in [-0.05, 0) is 23.4 Å². The van der Waals surface area contributed by atoms with E-state index >= 15 is 0 Å². The van der Waals surface area contributed by atoms with Crippen LogP contribution in [0.4, 0.5) is 0 Å². The van der Waals surface area contributed by atoms with Gasteiger partial charge in [0.05, 0.1) is 5.69 Å². The fourth-order valence-electron chi connectivity index (χ4n) is 1.16. The molecule has 16 heavy (non-hydrogen) atoms. The highest BCUT2D eigenvalue weighted by Crippen LogP contribution is 2.12. The minimum Gasteiger partial charge on any atom is -0.481 e. The van der Waals surface area contributed by atoms with Crippen LogP contribution in [0.2, 0.25) is 5.02 Å². The summed E-state index contributed by atoms with van der Waals surface area (Å²) in [5.74, 6) is -0.835. The van der Waals surface area contributed by atoms with E-state index in [1.54, 1.807) is 24.3 Å². The lowest BCUT2D eigenvalue weighted by molar-refractivity contribution is -0.136. The van der Waals surface area contributed by atoms with Gasteiger partial charge in [-0.2, -0.15) is 0 Å². The Balaban J connectivity index is 2.28. The summed E-state index contributed by atoms with van der Waals surface area (Å²) in [6, 6.07) is 6.88. The summed E-state index contributed by atoms with van der Waals surface area (Å²) in [5.41, 5.74) is 0.636. The molecule has 2 aromatic rings. The van der Waals surface area contributed by atoms with E-state index in [2.05, 4.69) is 15.4 Å². The second kappa shape index (κ2) is 4.28. The molecule has 0 saturated heterocycles. The molecule has 2 rings (SSSR count). The van der Waals surface area contributed by atoms with Crippen LogP contribution < -0.4 is 0 Å². The average Bonchev–Trinajstić information content (AvgIpc) is 2.65. The lowest BCUT2D eigenvalue weighted by atomic mass is 10.3. The van der Waals surface area contributed by atoms with Crippen LogP contribution >= 0.6 is 11.6 Å². The van der Waals surface area contributed by atoms with E-state index in [1.165, 1.54) is 4.80 Å². The first kappa shape index (κ1) is 10.6. The summed E-state index contributed by atoms with van der Waals surface area (Å²) >= 11 is 5.80. The van der Waals surface area contributed by atoms with Crippen molar-refractivity contribution in [2.24, 2.45) is 0 Å². The zero-order valence-electron chi connectivity index (χ0n) is 8.04. The van der Waals surface area contributed by atoms with Gasteiger partial charge in [-0.15, -0.1) is 15.0 Å². The van der Waals surface area contributed by atoms with E-state index in [9.17, 15) is 4.79 Å². The fourth-order valence-corrected chi connectivity index (χ4v) is 1.34. The first-order valence-corrected chi connectivity index (χ1v) is 4.79. The predicted octanol–water partition coefficient (Wildman–Crippen LogP) is 0.943. The van der Waals surface area contributed by atoms with E-state index in [-0.39, 0.29) is 12.2 Å². The third kappa shape index (κ3) is 2.34. The van der Waals surface area contributed by atoms with Crippen molar-refractivity contribution >= 4 is 17.6 Å². The van der Waals surface area contributed by atoms with Crippen molar-refractivity contribution in [3.05, 3.63) is 35.1 Å². The molecule has 0 aliphatic carbocycles. The van der Waals surface area contributed by atoms with Gasteiger partial charge in [0.1, 0.15) is 6.42 Å². The van der Waals surface area contributed by atoms with Crippen LogP contribution in [0.5, 0.6) is 0 Å². The molecule has 6 nitrogen and oxygen atoms in total. The molecular formula is C9H7ClN4O2. The highest BCUT2D eigenvalue weighted by molar-refractivity contribution is 6.30. The number of tetrazole rings is 1. The van der Waals surface area contributed by atoms with Gasteiger partial charge in [-0.1, -0.05) is 17.7 Å². The van der Waals surface area contributed by atoms with Gasteiger partial charge >= 0.3 is 5.97 Å². The van der Waals surface area contributed by atoms with Gasteiger partial charge in [-0.3, -0.25) is 4.79 Å². The summed E-state index contributed by atoms with van der Waals surface area (Å²) in [7, 11) is 0. The Labute approximate surface area is 95.5 Å². The number of carboxylic acids is 1. The SMILES string of the molecule is O=C(O)Cc1nnn(-c2cccc(Cl)c2)n1. The quantitative estimate of drug-likeness (QED) is 0.861. The third-order valence-corrected chi connectivity index (χ3v) is 2.04. The van der Waals surface area contributed by atoms with Crippen molar-refractivity contribution in [3.63, 3.8) is 0 Å². The Morgan fingerprint density at radius 1 is 1.50 bits per heavy atom. The summed E-state index contributed by atoms with van der Waals surface area (Å²) in [4.78, 5) is 11.7.